The van der Waals surface area contributed by atoms with Crippen molar-refractivity contribution in [2.24, 2.45) is 5.10 Å². The summed E-state index contributed by atoms with van der Waals surface area (Å²) in [6.45, 7) is 3.38. The van der Waals surface area contributed by atoms with Crippen molar-refractivity contribution in [3.8, 4) is 0 Å². The van der Waals surface area contributed by atoms with Gasteiger partial charge < -0.3 is 9.47 Å². The minimum absolute atomic E-state index is 0.0945. The van der Waals surface area contributed by atoms with E-state index in [9.17, 15) is 14.0 Å². The number of hydrogen-bond donors (Lipinski definition) is 1. The smallest absolute Gasteiger partial charge is 0.366 e. The number of carbonyl (C=O) groups excluding carboxylic acids is 2. The number of anilines is 1. The molecule has 0 radical (unpaired) electrons. The van der Waals surface area contributed by atoms with Crippen LogP contribution < -0.4 is 5.43 Å². The molecule has 1 aromatic rings. The maximum Gasteiger partial charge on any atom is 0.366 e. The molecular weight excluding hydrogens is 267 g/mol. The number of benzene rings is 1. The first-order valence-corrected chi connectivity index (χ1v) is 6.02. The molecule has 0 fully saturated rings. The first-order chi connectivity index (χ1) is 9.58. The summed E-state index contributed by atoms with van der Waals surface area (Å²) in [7, 11) is 0. The van der Waals surface area contributed by atoms with E-state index in [0.717, 1.165) is 6.07 Å². The number of carbonyl (C=O) groups is 2. The molecule has 1 N–H and O–H groups in total. The Bertz CT molecular complexity index is 497. The summed E-state index contributed by atoms with van der Waals surface area (Å²) in [5, 5.41) is 3.62. The second-order valence-electron chi connectivity index (χ2n) is 3.52. The zero-order valence-electron chi connectivity index (χ0n) is 11.2. The van der Waals surface area contributed by atoms with Crippen molar-refractivity contribution >= 4 is 23.3 Å². The van der Waals surface area contributed by atoms with Gasteiger partial charge in [-0.3, -0.25) is 5.43 Å². The summed E-state index contributed by atoms with van der Waals surface area (Å²) < 4.78 is 22.4. The van der Waals surface area contributed by atoms with E-state index in [4.69, 9.17) is 9.47 Å². The zero-order chi connectivity index (χ0) is 15.0. The van der Waals surface area contributed by atoms with Gasteiger partial charge in [0.15, 0.2) is 0 Å². The minimum atomic E-state index is -0.908. The van der Waals surface area contributed by atoms with Crippen LogP contribution in [0.3, 0.4) is 0 Å². The normalized spacial score (nSPS) is 9.55. The van der Waals surface area contributed by atoms with E-state index in [-0.39, 0.29) is 18.9 Å². The summed E-state index contributed by atoms with van der Waals surface area (Å²) in [5.41, 5.74) is 2.17. The third-order valence-electron chi connectivity index (χ3n) is 2.06. The number of halogens is 1. The lowest BCUT2D eigenvalue weighted by atomic mass is 10.3. The number of nitrogens with one attached hydrogen (secondary N) is 1. The average molecular weight is 282 g/mol. The third kappa shape index (κ3) is 4.68. The van der Waals surface area contributed by atoms with Gasteiger partial charge >= 0.3 is 11.9 Å². The summed E-state index contributed by atoms with van der Waals surface area (Å²) in [5.74, 6) is -2.29. The Hall–Kier alpha value is -2.44. The largest absolute Gasteiger partial charge is 0.461 e. The van der Waals surface area contributed by atoms with E-state index in [1.807, 2.05) is 0 Å². The first kappa shape index (κ1) is 15.6. The van der Waals surface area contributed by atoms with Crippen molar-refractivity contribution < 1.29 is 23.5 Å². The summed E-state index contributed by atoms with van der Waals surface area (Å²) >= 11 is 0. The Morgan fingerprint density at radius 2 is 1.80 bits per heavy atom. The fourth-order valence-corrected chi connectivity index (χ4v) is 1.25. The van der Waals surface area contributed by atoms with E-state index in [1.54, 1.807) is 13.8 Å². The average Bonchev–Trinajstić information content (AvgIpc) is 2.39. The Balaban J connectivity index is 2.89. The topological polar surface area (TPSA) is 77.0 Å². The van der Waals surface area contributed by atoms with E-state index in [0.29, 0.717) is 0 Å². The maximum absolute atomic E-state index is 13.0. The lowest BCUT2D eigenvalue weighted by molar-refractivity contribution is -0.140. The van der Waals surface area contributed by atoms with Gasteiger partial charge in [-0.25, -0.2) is 14.0 Å². The molecule has 0 saturated carbocycles. The van der Waals surface area contributed by atoms with Crippen LogP contribution in [0, 0.1) is 5.82 Å². The van der Waals surface area contributed by atoms with Gasteiger partial charge in [0.2, 0.25) is 0 Å². The van der Waals surface area contributed by atoms with Crippen molar-refractivity contribution in [3.63, 3.8) is 0 Å². The molecule has 0 aromatic heterocycles. The standard InChI is InChI=1S/C13H15FN2O4/c1-3-19-12(17)11(13(18)20-4-2)16-15-10-7-5-6-9(14)8-10/h5-8,15H,3-4H2,1-2H3. The summed E-state index contributed by atoms with van der Waals surface area (Å²) in [4.78, 5) is 23.2. The molecule has 0 saturated heterocycles. The Morgan fingerprint density at radius 1 is 1.20 bits per heavy atom. The van der Waals surface area contributed by atoms with E-state index < -0.39 is 23.5 Å². The molecule has 0 atom stereocenters. The van der Waals surface area contributed by atoms with Crippen LogP contribution in [-0.4, -0.2) is 30.9 Å². The van der Waals surface area contributed by atoms with Crippen molar-refractivity contribution in [1.29, 1.82) is 0 Å². The Kier molecular flexibility index (Phi) is 6.15. The molecule has 0 aliphatic rings. The van der Waals surface area contributed by atoms with Gasteiger partial charge in [-0.2, -0.15) is 5.10 Å². The number of ether oxygens (including phenoxy) is 2. The number of esters is 2. The highest BCUT2D eigenvalue weighted by atomic mass is 19.1. The third-order valence-corrected chi connectivity index (χ3v) is 2.06. The maximum atomic E-state index is 13.0. The second kappa shape index (κ2) is 7.88. The van der Waals surface area contributed by atoms with Crippen molar-refractivity contribution in [2.45, 2.75) is 13.8 Å². The van der Waals surface area contributed by atoms with Crippen LogP contribution in [0.2, 0.25) is 0 Å². The molecule has 20 heavy (non-hydrogen) atoms. The monoisotopic (exact) mass is 282 g/mol. The van der Waals surface area contributed by atoms with Crippen LogP contribution in [0.1, 0.15) is 13.8 Å². The molecule has 1 aromatic carbocycles. The van der Waals surface area contributed by atoms with Crippen molar-refractivity contribution in [2.75, 3.05) is 18.6 Å². The molecule has 0 spiro atoms. The number of rotatable bonds is 6. The lowest BCUT2D eigenvalue weighted by Crippen LogP contribution is -2.29. The minimum Gasteiger partial charge on any atom is -0.461 e. The van der Waals surface area contributed by atoms with Gasteiger partial charge in [0.25, 0.3) is 5.71 Å². The molecule has 0 unspecified atom stereocenters. The summed E-state index contributed by atoms with van der Waals surface area (Å²) in [6, 6.07) is 5.41. The van der Waals surface area contributed by atoms with E-state index >= 15 is 0 Å². The van der Waals surface area contributed by atoms with Gasteiger partial charge in [0.1, 0.15) is 5.82 Å². The summed E-state index contributed by atoms with van der Waals surface area (Å²) in [6.07, 6.45) is 0. The predicted molar refractivity (Wildman–Crippen MR) is 70.7 cm³/mol. The fraction of sp³-hybridized carbons (Fsp3) is 0.308. The molecule has 0 heterocycles. The van der Waals surface area contributed by atoms with E-state index in [1.165, 1.54) is 18.2 Å². The van der Waals surface area contributed by atoms with Crippen LogP contribution in [0.15, 0.2) is 29.4 Å². The van der Waals surface area contributed by atoms with Crippen LogP contribution >= 0.6 is 0 Å². The Labute approximate surface area is 115 Å². The molecule has 0 bridgehead atoms. The van der Waals surface area contributed by atoms with Gasteiger partial charge in [0, 0.05) is 0 Å². The molecule has 0 aliphatic carbocycles. The highest BCUT2D eigenvalue weighted by molar-refractivity contribution is 6.62. The Morgan fingerprint density at radius 3 is 2.30 bits per heavy atom. The molecule has 6 nitrogen and oxygen atoms in total. The second-order valence-corrected chi connectivity index (χ2v) is 3.52. The number of hydrogen-bond acceptors (Lipinski definition) is 6. The quantitative estimate of drug-likeness (QED) is 0.372. The van der Waals surface area contributed by atoms with Gasteiger partial charge in [-0.05, 0) is 32.0 Å². The van der Waals surface area contributed by atoms with Crippen LogP contribution in [0.25, 0.3) is 0 Å². The van der Waals surface area contributed by atoms with Crippen LogP contribution in [0.5, 0.6) is 0 Å². The number of nitrogens with zero attached hydrogens (tertiary/aromatic N) is 1. The highest BCUT2D eigenvalue weighted by Gasteiger charge is 2.23. The molecule has 7 heteroatoms. The highest BCUT2D eigenvalue weighted by Crippen LogP contribution is 2.09. The lowest BCUT2D eigenvalue weighted by Gasteiger charge is -2.06. The molecule has 0 amide bonds. The predicted octanol–water partition coefficient (Wildman–Crippen LogP) is 1.72. The first-order valence-electron chi connectivity index (χ1n) is 6.02. The van der Waals surface area contributed by atoms with E-state index in [2.05, 4.69) is 10.5 Å². The fourth-order valence-electron chi connectivity index (χ4n) is 1.25. The van der Waals surface area contributed by atoms with Crippen LogP contribution in [0.4, 0.5) is 10.1 Å². The molecular formula is C13H15FN2O4. The molecule has 0 aliphatic heterocycles. The SMILES string of the molecule is CCOC(=O)C(=NNc1cccc(F)c1)C(=O)OCC. The zero-order valence-corrected chi connectivity index (χ0v) is 11.2. The number of hydrazone groups is 1. The van der Waals surface area contributed by atoms with Crippen molar-refractivity contribution in [1.82, 2.24) is 0 Å². The molecule has 1 rings (SSSR count). The van der Waals surface area contributed by atoms with Crippen LogP contribution in [-0.2, 0) is 19.1 Å². The molecule has 108 valence electrons. The van der Waals surface area contributed by atoms with Crippen molar-refractivity contribution in [3.05, 3.63) is 30.1 Å². The van der Waals surface area contributed by atoms with Gasteiger partial charge in [0.05, 0.1) is 18.9 Å². The van der Waals surface area contributed by atoms with Gasteiger partial charge in [-0.1, -0.05) is 6.07 Å². The van der Waals surface area contributed by atoms with Gasteiger partial charge in [-0.15, -0.1) is 0 Å².